The van der Waals surface area contributed by atoms with E-state index in [9.17, 15) is 0 Å². The van der Waals surface area contributed by atoms with Crippen LogP contribution in [0.25, 0.3) is 0 Å². The highest BCUT2D eigenvalue weighted by atomic mass is 35.5. The lowest BCUT2D eigenvalue weighted by molar-refractivity contribution is -0.0617. The zero-order valence-corrected chi connectivity index (χ0v) is 13.4. The Labute approximate surface area is 122 Å². The SMILES string of the molecule is CCOC(C)Oc1ccc(C(C)(Cl)CC)cc1CC. The van der Waals surface area contributed by atoms with Crippen LogP contribution in [0.15, 0.2) is 18.2 Å². The Balaban J connectivity index is 2.97. The number of hydrogen-bond acceptors (Lipinski definition) is 2. The highest BCUT2D eigenvalue weighted by Crippen LogP contribution is 2.35. The fraction of sp³-hybridized carbons (Fsp3) is 0.625. The van der Waals surface area contributed by atoms with Crippen molar-refractivity contribution < 1.29 is 9.47 Å². The lowest BCUT2D eigenvalue weighted by Gasteiger charge is -2.23. The lowest BCUT2D eigenvalue weighted by Crippen LogP contribution is -2.17. The van der Waals surface area contributed by atoms with Crippen molar-refractivity contribution in [1.82, 2.24) is 0 Å². The molecule has 1 aromatic carbocycles. The molecule has 0 bridgehead atoms. The zero-order chi connectivity index (χ0) is 14.5. The summed E-state index contributed by atoms with van der Waals surface area (Å²) >= 11 is 6.52. The normalized spacial score (nSPS) is 15.9. The van der Waals surface area contributed by atoms with Crippen LogP contribution in [-0.2, 0) is 16.0 Å². The maximum absolute atomic E-state index is 6.52. The third kappa shape index (κ3) is 4.39. The van der Waals surface area contributed by atoms with Gasteiger partial charge in [0.25, 0.3) is 0 Å². The maximum atomic E-state index is 6.52. The van der Waals surface area contributed by atoms with Crippen LogP contribution in [0, 0.1) is 0 Å². The topological polar surface area (TPSA) is 18.5 Å². The predicted molar refractivity (Wildman–Crippen MR) is 81.0 cm³/mol. The van der Waals surface area contributed by atoms with E-state index in [2.05, 4.69) is 19.9 Å². The molecule has 0 saturated heterocycles. The van der Waals surface area contributed by atoms with Gasteiger partial charge in [-0.3, -0.25) is 0 Å². The number of hydrogen-bond donors (Lipinski definition) is 0. The standard InChI is InChI=1S/C16H25ClO2/c1-6-13-11-14(16(5,17)7-2)9-10-15(13)19-12(4)18-8-3/h9-12H,6-8H2,1-5H3. The van der Waals surface area contributed by atoms with E-state index in [1.165, 1.54) is 5.56 Å². The summed E-state index contributed by atoms with van der Waals surface area (Å²) in [6.45, 7) is 10.8. The van der Waals surface area contributed by atoms with E-state index in [-0.39, 0.29) is 11.2 Å². The van der Waals surface area contributed by atoms with E-state index in [0.717, 1.165) is 24.2 Å². The first kappa shape index (κ1) is 16.3. The molecule has 0 aliphatic rings. The fourth-order valence-corrected chi connectivity index (χ4v) is 2.06. The molecule has 19 heavy (non-hydrogen) atoms. The van der Waals surface area contributed by atoms with Crippen molar-refractivity contribution in [1.29, 1.82) is 0 Å². The maximum Gasteiger partial charge on any atom is 0.196 e. The van der Waals surface area contributed by atoms with Gasteiger partial charge in [-0.05, 0) is 50.8 Å². The summed E-state index contributed by atoms with van der Waals surface area (Å²) in [6, 6.07) is 6.19. The highest BCUT2D eigenvalue weighted by molar-refractivity contribution is 6.23. The van der Waals surface area contributed by atoms with E-state index >= 15 is 0 Å². The van der Waals surface area contributed by atoms with Crippen molar-refractivity contribution in [2.24, 2.45) is 0 Å². The molecule has 0 amide bonds. The first-order chi connectivity index (χ1) is 8.94. The number of alkyl halides is 1. The molecule has 0 saturated carbocycles. The van der Waals surface area contributed by atoms with E-state index in [1.807, 2.05) is 32.9 Å². The van der Waals surface area contributed by atoms with Gasteiger partial charge in [0.2, 0.25) is 0 Å². The second-order valence-corrected chi connectivity index (χ2v) is 5.70. The molecule has 0 N–H and O–H groups in total. The molecule has 2 atom stereocenters. The minimum atomic E-state index is -0.312. The summed E-state index contributed by atoms with van der Waals surface area (Å²) in [5, 5.41) is 0. The van der Waals surface area contributed by atoms with Crippen LogP contribution >= 0.6 is 11.6 Å². The minimum absolute atomic E-state index is 0.227. The first-order valence-corrected chi connectivity index (χ1v) is 7.42. The number of ether oxygens (including phenoxy) is 2. The van der Waals surface area contributed by atoms with Gasteiger partial charge in [0.15, 0.2) is 6.29 Å². The van der Waals surface area contributed by atoms with Crippen LogP contribution < -0.4 is 4.74 Å². The summed E-state index contributed by atoms with van der Waals surface area (Å²) in [4.78, 5) is -0.312. The van der Waals surface area contributed by atoms with Gasteiger partial charge in [0, 0.05) is 6.61 Å². The number of aryl methyl sites for hydroxylation is 1. The summed E-state index contributed by atoms with van der Waals surface area (Å²) in [7, 11) is 0. The van der Waals surface area contributed by atoms with Crippen molar-refractivity contribution in [3.8, 4) is 5.75 Å². The molecule has 3 heteroatoms. The summed E-state index contributed by atoms with van der Waals surface area (Å²) < 4.78 is 11.2. The minimum Gasteiger partial charge on any atom is -0.465 e. The van der Waals surface area contributed by atoms with Crippen LogP contribution in [0.5, 0.6) is 5.75 Å². The van der Waals surface area contributed by atoms with Crippen molar-refractivity contribution in [2.45, 2.75) is 58.6 Å². The van der Waals surface area contributed by atoms with Crippen molar-refractivity contribution in [3.63, 3.8) is 0 Å². The lowest BCUT2D eigenvalue weighted by atomic mass is 9.95. The number of rotatable bonds is 7. The second-order valence-electron chi connectivity index (χ2n) is 4.87. The molecule has 1 rings (SSSR count). The van der Waals surface area contributed by atoms with E-state index in [1.54, 1.807) is 0 Å². The van der Waals surface area contributed by atoms with Gasteiger partial charge in [-0.25, -0.2) is 0 Å². The van der Waals surface area contributed by atoms with Gasteiger partial charge in [0.1, 0.15) is 5.75 Å². The van der Waals surface area contributed by atoms with Crippen molar-refractivity contribution in [2.75, 3.05) is 6.61 Å². The average molecular weight is 285 g/mol. The van der Waals surface area contributed by atoms with Crippen LogP contribution in [-0.4, -0.2) is 12.9 Å². The molecule has 0 spiro atoms. The molecule has 0 heterocycles. The number of benzene rings is 1. The molecular weight excluding hydrogens is 260 g/mol. The molecular formula is C16H25ClO2. The average Bonchev–Trinajstić information content (AvgIpc) is 2.39. The van der Waals surface area contributed by atoms with Crippen LogP contribution in [0.2, 0.25) is 0 Å². The van der Waals surface area contributed by atoms with Crippen LogP contribution in [0.4, 0.5) is 0 Å². The predicted octanol–water partition coefficient (Wildman–Crippen LogP) is 4.87. The summed E-state index contributed by atoms with van der Waals surface area (Å²) in [5.41, 5.74) is 2.31. The molecule has 108 valence electrons. The summed E-state index contributed by atoms with van der Waals surface area (Å²) in [6.07, 6.45) is 1.58. The molecule has 0 aliphatic heterocycles. The molecule has 0 radical (unpaired) electrons. The van der Waals surface area contributed by atoms with Gasteiger partial charge in [-0.1, -0.05) is 26.0 Å². The zero-order valence-electron chi connectivity index (χ0n) is 12.6. The largest absolute Gasteiger partial charge is 0.465 e. The third-order valence-electron chi connectivity index (χ3n) is 3.40. The quantitative estimate of drug-likeness (QED) is 0.525. The van der Waals surface area contributed by atoms with Gasteiger partial charge in [-0.2, -0.15) is 0 Å². The van der Waals surface area contributed by atoms with Crippen LogP contribution in [0.3, 0.4) is 0 Å². The van der Waals surface area contributed by atoms with Gasteiger partial charge in [0.05, 0.1) is 4.87 Å². The molecule has 2 nitrogen and oxygen atoms in total. The number of halogens is 1. The first-order valence-electron chi connectivity index (χ1n) is 7.05. The van der Waals surface area contributed by atoms with Crippen LogP contribution in [0.1, 0.15) is 52.2 Å². The molecule has 0 aliphatic carbocycles. The monoisotopic (exact) mass is 284 g/mol. The van der Waals surface area contributed by atoms with Crippen molar-refractivity contribution in [3.05, 3.63) is 29.3 Å². The Morgan fingerprint density at radius 3 is 2.47 bits per heavy atom. The molecule has 0 fully saturated rings. The molecule has 0 aromatic heterocycles. The Bertz CT molecular complexity index is 402. The van der Waals surface area contributed by atoms with Crippen molar-refractivity contribution >= 4 is 11.6 Å². The van der Waals surface area contributed by atoms with Gasteiger partial charge >= 0.3 is 0 Å². The molecule has 2 unspecified atom stereocenters. The third-order valence-corrected chi connectivity index (χ3v) is 3.89. The second kappa shape index (κ2) is 7.16. The van der Waals surface area contributed by atoms with Gasteiger partial charge in [-0.15, -0.1) is 11.6 Å². The van der Waals surface area contributed by atoms with E-state index < -0.39 is 0 Å². The Morgan fingerprint density at radius 1 is 1.26 bits per heavy atom. The molecule has 1 aromatic rings. The Hall–Kier alpha value is -0.730. The van der Waals surface area contributed by atoms with E-state index in [0.29, 0.717) is 6.61 Å². The fourth-order valence-electron chi connectivity index (χ4n) is 1.95. The summed E-state index contributed by atoms with van der Waals surface area (Å²) in [5.74, 6) is 0.885. The van der Waals surface area contributed by atoms with Gasteiger partial charge < -0.3 is 9.47 Å². The van der Waals surface area contributed by atoms with E-state index in [4.69, 9.17) is 21.1 Å². The smallest absolute Gasteiger partial charge is 0.196 e. The highest BCUT2D eigenvalue weighted by Gasteiger charge is 2.22. The Kier molecular flexibility index (Phi) is 6.15. The Morgan fingerprint density at radius 2 is 1.95 bits per heavy atom.